The van der Waals surface area contributed by atoms with Crippen molar-refractivity contribution in [1.29, 1.82) is 0 Å². The van der Waals surface area contributed by atoms with Gasteiger partial charge in [-0.05, 0) is 12.8 Å². The lowest BCUT2D eigenvalue weighted by Crippen LogP contribution is -2.30. The Morgan fingerprint density at radius 3 is 2.80 bits per heavy atom. The molecule has 0 N–H and O–H groups in total. The summed E-state index contributed by atoms with van der Waals surface area (Å²) in [6.07, 6.45) is 1.83. The number of rotatable bonds is 5. The molecule has 0 fully saturated rings. The second kappa shape index (κ2) is 6.13. The summed E-state index contributed by atoms with van der Waals surface area (Å²) in [5.41, 5.74) is 3.40. The highest BCUT2D eigenvalue weighted by molar-refractivity contribution is 7.11. The van der Waals surface area contributed by atoms with E-state index in [1.165, 1.54) is 11.3 Å². The quantitative estimate of drug-likeness (QED) is 0.846. The van der Waals surface area contributed by atoms with Gasteiger partial charge in [-0.2, -0.15) is 0 Å². The fourth-order valence-corrected chi connectivity index (χ4v) is 2.87. The van der Waals surface area contributed by atoms with Crippen molar-refractivity contribution in [3.63, 3.8) is 0 Å². The topological polar surface area (TPSA) is 63.9 Å². The van der Waals surface area contributed by atoms with E-state index in [1.807, 2.05) is 34.0 Å². The molecule has 2 rings (SSSR count). The van der Waals surface area contributed by atoms with Crippen LogP contribution >= 0.6 is 11.3 Å². The molecule has 0 aliphatic heterocycles. The van der Waals surface area contributed by atoms with Crippen LogP contribution in [0.4, 0.5) is 0 Å². The SMILES string of the molecule is CCN(Cc1cn(C)nn1)C(=O)c1scnc1C(C)C. The van der Waals surface area contributed by atoms with Crippen molar-refractivity contribution in [1.82, 2.24) is 24.9 Å². The second-order valence-electron chi connectivity index (χ2n) is 4.92. The van der Waals surface area contributed by atoms with Crippen LogP contribution in [0.25, 0.3) is 0 Å². The summed E-state index contributed by atoms with van der Waals surface area (Å²) in [5.74, 6) is 0.264. The molecule has 0 aliphatic rings. The van der Waals surface area contributed by atoms with Crippen molar-refractivity contribution < 1.29 is 4.79 Å². The van der Waals surface area contributed by atoms with Gasteiger partial charge in [0.15, 0.2) is 0 Å². The van der Waals surface area contributed by atoms with Gasteiger partial charge in [-0.25, -0.2) is 4.98 Å². The Labute approximate surface area is 122 Å². The van der Waals surface area contributed by atoms with Gasteiger partial charge >= 0.3 is 0 Å². The third kappa shape index (κ3) is 3.04. The Hall–Kier alpha value is -1.76. The van der Waals surface area contributed by atoms with Crippen molar-refractivity contribution in [2.45, 2.75) is 33.2 Å². The minimum absolute atomic E-state index is 0.0179. The monoisotopic (exact) mass is 293 g/mol. The molecule has 0 unspecified atom stereocenters. The maximum Gasteiger partial charge on any atom is 0.266 e. The third-order valence-corrected chi connectivity index (χ3v) is 3.84. The van der Waals surface area contributed by atoms with Crippen molar-refractivity contribution in [2.24, 2.45) is 7.05 Å². The van der Waals surface area contributed by atoms with Crippen LogP contribution in [-0.2, 0) is 13.6 Å². The Balaban J connectivity index is 2.18. The number of aromatic nitrogens is 4. The highest BCUT2D eigenvalue weighted by Gasteiger charge is 2.22. The molecule has 0 saturated heterocycles. The molecule has 2 aromatic rings. The summed E-state index contributed by atoms with van der Waals surface area (Å²) in [5, 5.41) is 7.92. The molecule has 0 radical (unpaired) electrons. The molecular formula is C13H19N5OS. The van der Waals surface area contributed by atoms with Gasteiger partial charge in [-0.3, -0.25) is 9.48 Å². The minimum atomic E-state index is 0.0179. The number of thiazole rings is 1. The summed E-state index contributed by atoms with van der Waals surface area (Å²) in [6.45, 7) is 7.16. The molecule has 2 aromatic heterocycles. The summed E-state index contributed by atoms with van der Waals surface area (Å²) < 4.78 is 1.64. The Morgan fingerprint density at radius 2 is 2.25 bits per heavy atom. The zero-order valence-corrected chi connectivity index (χ0v) is 13.0. The average Bonchev–Trinajstić information content (AvgIpc) is 3.03. The number of hydrogen-bond donors (Lipinski definition) is 0. The largest absolute Gasteiger partial charge is 0.332 e. The lowest BCUT2D eigenvalue weighted by molar-refractivity contribution is 0.0753. The molecule has 6 nitrogen and oxygen atoms in total. The van der Waals surface area contributed by atoms with E-state index in [0.717, 1.165) is 16.3 Å². The molecule has 0 spiro atoms. The van der Waals surface area contributed by atoms with Crippen molar-refractivity contribution in [3.8, 4) is 0 Å². The van der Waals surface area contributed by atoms with E-state index in [2.05, 4.69) is 15.3 Å². The maximum atomic E-state index is 12.6. The first-order valence-electron chi connectivity index (χ1n) is 6.60. The summed E-state index contributed by atoms with van der Waals surface area (Å²) in [4.78, 5) is 19.4. The second-order valence-corrected chi connectivity index (χ2v) is 5.78. The Bertz CT molecular complexity index is 589. The van der Waals surface area contributed by atoms with Crippen LogP contribution in [0.5, 0.6) is 0 Å². The van der Waals surface area contributed by atoms with E-state index in [9.17, 15) is 4.79 Å². The van der Waals surface area contributed by atoms with Gasteiger partial charge < -0.3 is 4.90 Å². The summed E-state index contributed by atoms with van der Waals surface area (Å²) >= 11 is 1.40. The zero-order valence-electron chi connectivity index (χ0n) is 12.2. The Kier molecular flexibility index (Phi) is 4.49. The van der Waals surface area contributed by atoms with Gasteiger partial charge in [-0.1, -0.05) is 19.1 Å². The summed E-state index contributed by atoms with van der Waals surface area (Å²) in [7, 11) is 1.81. The number of nitrogens with zero attached hydrogens (tertiary/aromatic N) is 5. The maximum absolute atomic E-state index is 12.6. The smallest absolute Gasteiger partial charge is 0.266 e. The average molecular weight is 293 g/mol. The first-order chi connectivity index (χ1) is 9.52. The van der Waals surface area contributed by atoms with Crippen LogP contribution < -0.4 is 0 Å². The predicted octanol–water partition coefficient (Wildman–Crippen LogP) is 2.06. The number of carbonyl (C=O) groups excluding carboxylic acids is 1. The number of aryl methyl sites for hydroxylation is 1. The standard InChI is InChI=1S/C13H19N5OS/c1-5-18(7-10-6-17(4)16-15-10)13(19)12-11(9(2)3)14-8-20-12/h6,8-9H,5,7H2,1-4H3. The van der Waals surface area contributed by atoms with E-state index < -0.39 is 0 Å². The first-order valence-corrected chi connectivity index (χ1v) is 7.48. The van der Waals surface area contributed by atoms with Gasteiger partial charge in [0.05, 0.1) is 17.7 Å². The van der Waals surface area contributed by atoms with E-state index >= 15 is 0 Å². The third-order valence-electron chi connectivity index (χ3n) is 3.01. The molecule has 0 aliphatic carbocycles. The molecular weight excluding hydrogens is 274 g/mol. The van der Waals surface area contributed by atoms with Gasteiger partial charge in [-0.15, -0.1) is 16.4 Å². The molecule has 1 amide bonds. The molecule has 0 bridgehead atoms. The first kappa shape index (κ1) is 14.6. The van der Waals surface area contributed by atoms with E-state index in [4.69, 9.17) is 0 Å². The molecule has 7 heteroatoms. The van der Waals surface area contributed by atoms with Crippen LogP contribution in [0.2, 0.25) is 0 Å². The van der Waals surface area contributed by atoms with Crippen LogP contribution in [0.15, 0.2) is 11.7 Å². The van der Waals surface area contributed by atoms with Crippen LogP contribution in [-0.4, -0.2) is 37.3 Å². The molecule has 2 heterocycles. The van der Waals surface area contributed by atoms with Crippen molar-refractivity contribution in [2.75, 3.05) is 6.54 Å². The zero-order chi connectivity index (χ0) is 14.7. The molecule has 20 heavy (non-hydrogen) atoms. The van der Waals surface area contributed by atoms with Gasteiger partial charge in [0, 0.05) is 19.8 Å². The molecule has 0 aromatic carbocycles. The van der Waals surface area contributed by atoms with Crippen molar-refractivity contribution in [3.05, 3.63) is 28.0 Å². The highest BCUT2D eigenvalue weighted by Crippen LogP contribution is 2.23. The van der Waals surface area contributed by atoms with Gasteiger partial charge in [0.25, 0.3) is 5.91 Å². The van der Waals surface area contributed by atoms with Crippen LogP contribution in [0.1, 0.15) is 47.7 Å². The van der Waals surface area contributed by atoms with E-state index in [-0.39, 0.29) is 11.8 Å². The number of amides is 1. The van der Waals surface area contributed by atoms with E-state index in [1.54, 1.807) is 15.1 Å². The molecule has 108 valence electrons. The highest BCUT2D eigenvalue weighted by atomic mass is 32.1. The minimum Gasteiger partial charge on any atom is -0.332 e. The van der Waals surface area contributed by atoms with Crippen LogP contribution in [0.3, 0.4) is 0 Å². The summed E-state index contributed by atoms with van der Waals surface area (Å²) in [6, 6.07) is 0. The number of carbonyl (C=O) groups is 1. The lowest BCUT2D eigenvalue weighted by atomic mass is 10.1. The Morgan fingerprint density at radius 1 is 1.50 bits per heavy atom. The lowest BCUT2D eigenvalue weighted by Gasteiger charge is -2.19. The van der Waals surface area contributed by atoms with Crippen molar-refractivity contribution >= 4 is 17.2 Å². The van der Waals surface area contributed by atoms with Gasteiger partial charge in [0.1, 0.15) is 10.6 Å². The fraction of sp³-hybridized carbons (Fsp3) is 0.538. The number of hydrogen-bond acceptors (Lipinski definition) is 5. The fourth-order valence-electron chi connectivity index (χ4n) is 1.96. The molecule has 0 saturated carbocycles. The van der Waals surface area contributed by atoms with Crippen LogP contribution in [0, 0.1) is 0 Å². The van der Waals surface area contributed by atoms with Gasteiger partial charge in [0.2, 0.25) is 0 Å². The predicted molar refractivity (Wildman–Crippen MR) is 77.6 cm³/mol. The van der Waals surface area contributed by atoms with E-state index in [0.29, 0.717) is 13.1 Å². The normalized spacial score (nSPS) is 11.1. The molecule has 0 atom stereocenters.